The van der Waals surface area contributed by atoms with Crippen molar-refractivity contribution in [3.8, 4) is 6.07 Å². The Labute approximate surface area is 137 Å². The average Bonchev–Trinajstić information content (AvgIpc) is 2.60. The van der Waals surface area contributed by atoms with Crippen LogP contribution in [0.2, 0.25) is 0 Å². The van der Waals surface area contributed by atoms with Gasteiger partial charge in [-0.2, -0.15) is 9.57 Å². The van der Waals surface area contributed by atoms with Gasteiger partial charge in [-0.05, 0) is 42.5 Å². The fourth-order valence-corrected chi connectivity index (χ4v) is 4.72. The van der Waals surface area contributed by atoms with E-state index in [0.29, 0.717) is 0 Å². The molecule has 0 amide bonds. The first kappa shape index (κ1) is 15.7. The van der Waals surface area contributed by atoms with Gasteiger partial charge in [0, 0.05) is 13.1 Å². The van der Waals surface area contributed by atoms with Gasteiger partial charge in [-0.15, -0.1) is 0 Å². The van der Waals surface area contributed by atoms with Gasteiger partial charge in [0.25, 0.3) is 0 Å². The molecule has 1 aliphatic carbocycles. The molecule has 0 aliphatic heterocycles. The highest BCUT2D eigenvalue weighted by Crippen LogP contribution is 2.36. The van der Waals surface area contributed by atoms with E-state index in [1.54, 1.807) is 19.2 Å². The van der Waals surface area contributed by atoms with Gasteiger partial charge in [0.15, 0.2) is 0 Å². The molecule has 4 nitrogen and oxygen atoms in total. The van der Waals surface area contributed by atoms with Crippen molar-refractivity contribution in [2.45, 2.75) is 30.2 Å². The van der Waals surface area contributed by atoms with Gasteiger partial charge < -0.3 is 0 Å². The van der Waals surface area contributed by atoms with Crippen LogP contribution in [0.5, 0.6) is 0 Å². The van der Waals surface area contributed by atoms with Crippen LogP contribution >= 0.6 is 0 Å². The molecule has 2 aromatic carbocycles. The number of benzene rings is 2. The van der Waals surface area contributed by atoms with Crippen LogP contribution in [0.4, 0.5) is 0 Å². The lowest BCUT2D eigenvalue weighted by atomic mass is 9.88. The Kier molecular flexibility index (Phi) is 4.20. The lowest BCUT2D eigenvalue weighted by Gasteiger charge is -2.32. The van der Waals surface area contributed by atoms with E-state index >= 15 is 0 Å². The van der Waals surface area contributed by atoms with Gasteiger partial charge in [-0.3, -0.25) is 0 Å². The van der Waals surface area contributed by atoms with Crippen LogP contribution in [0.25, 0.3) is 0 Å². The Bertz CT molecular complexity index is 869. The Morgan fingerprint density at radius 1 is 1.13 bits per heavy atom. The first-order valence-electron chi connectivity index (χ1n) is 7.60. The van der Waals surface area contributed by atoms with E-state index in [1.165, 1.54) is 22.0 Å². The molecule has 0 N–H and O–H groups in total. The molecule has 0 heterocycles. The second kappa shape index (κ2) is 6.15. The SMILES string of the molecule is CN(C1CCCc2ccccc21)S(=O)(=O)c1ccccc1C#N. The molecule has 0 radical (unpaired) electrons. The first-order valence-corrected chi connectivity index (χ1v) is 9.04. The van der Waals surface area contributed by atoms with E-state index in [0.717, 1.165) is 24.8 Å². The van der Waals surface area contributed by atoms with E-state index in [2.05, 4.69) is 6.07 Å². The summed E-state index contributed by atoms with van der Waals surface area (Å²) in [7, 11) is -2.11. The summed E-state index contributed by atoms with van der Waals surface area (Å²) >= 11 is 0. The fraction of sp³-hybridized carbons (Fsp3) is 0.278. The molecule has 0 saturated carbocycles. The number of sulfonamides is 1. The summed E-state index contributed by atoms with van der Waals surface area (Å²) in [5, 5.41) is 9.20. The van der Waals surface area contributed by atoms with Crippen molar-refractivity contribution in [2.24, 2.45) is 0 Å². The number of aryl methyl sites for hydroxylation is 1. The second-order valence-corrected chi connectivity index (χ2v) is 7.70. The van der Waals surface area contributed by atoms with E-state index in [4.69, 9.17) is 0 Å². The zero-order valence-corrected chi connectivity index (χ0v) is 13.8. The van der Waals surface area contributed by atoms with E-state index < -0.39 is 10.0 Å². The summed E-state index contributed by atoms with van der Waals surface area (Å²) in [5.74, 6) is 0. The highest BCUT2D eigenvalue weighted by atomic mass is 32.2. The molecule has 118 valence electrons. The summed E-state index contributed by atoms with van der Waals surface area (Å²) in [6.45, 7) is 0. The van der Waals surface area contributed by atoms with Crippen molar-refractivity contribution in [3.05, 3.63) is 65.2 Å². The maximum atomic E-state index is 13.0. The molecule has 0 aromatic heterocycles. The lowest BCUT2D eigenvalue weighted by Crippen LogP contribution is -2.33. The van der Waals surface area contributed by atoms with E-state index in [1.807, 2.05) is 24.3 Å². The monoisotopic (exact) mass is 326 g/mol. The van der Waals surface area contributed by atoms with Crippen molar-refractivity contribution in [1.82, 2.24) is 4.31 Å². The Morgan fingerprint density at radius 2 is 1.83 bits per heavy atom. The summed E-state index contributed by atoms with van der Waals surface area (Å²) in [5.41, 5.74) is 2.46. The molecule has 3 rings (SSSR count). The number of fused-ring (bicyclic) bond motifs is 1. The molecule has 0 saturated heterocycles. The zero-order chi connectivity index (χ0) is 16.4. The maximum absolute atomic E-state index is 13.0. The maximum Gasteiger partial charge on any atom is 0.244 e. The van der Waals surface area contributed by atoms with Crippen LogP contribution < -0.4 is 0 Å². The lowest BCUT2D eigenvalue weighted by molar-refractivity contribution is 0.337. The Morgan fingerprint density at radius 3 is 2.61 bits per heavy atom. The van der Waals surface area contributed by atoms with E-state index in [-0.39, 0.29) is 16.5 Å². The third kappa shape index (κ3) is 2.76. The predicted octanol–water partition coefficient (Wildman–Crippen LogP) is 3.26. The average molecular weight is 326 g/mol. The predicted molar refractivity (Wildman–Crippen MR) is 88.2 cm³/mol. The molecular weight excluding hydrogens is 308 g/mol. The molecule has 0 bridgehead atoms. The van der Waals surface area contributed by atoms with Crippen molar-refractivity contribution >= 4 is 10.0 Å². The van der Waals surface area contributed by atoms with Gasteiger partial charge in [-0.1, -0.05) is 36.4 Å². The largest absolute Gasteiger partial charge is 0.244 e. The topological polar surface area (TPSA) is 61.2 Å². The van der Waals surface area contributed by atoms with Crippen LogP contribution in [-0.2, 0) is 16.4 Å². The summed E-state index contributed by atoms with van der Waals surface area (Å²) in [4.78, 5) is 0.0769. The van der Waals surface area contributed by atoms with Gasteiger partial charge in [-0.25, -0.2) is 8.42 Å². The number of nitriles is 1. The summed E-state index contributed by atoms with van der Waals surface area (Å²) < 4.78 is 27.4. The van der Waals surface area contributed by atoms with Gasteiger partial charge in [0.2, 0.25) is 10.0 Å². The molecule has 0 fully saturated rings. The third-order valence-electron chi connectivity index (χ3n) is 4.44. The Balaban J connectivity index is 2.04. The quantitative estimate of drug-likeness (QED) is 0.870. The van der Waals surface area contributed by atoms with Gasteiger partial charge in [0.1, 0.15) is 6.07 Å². The minimum absolute atomic E-state index is 0.0769. The van der Waals surface area contributed by atoms with Crippen molar-refractivity contribution in [3.63, 3.8) is 0 Å². The molecular formula is C18H18N2O2S. The van der Waals surface area contributed by atoms with E-state index in [9.17, 15) is 13.7 Å². The minimum Gasteiger partial charge on any atom is -0.207 e. The fourth-order valence-electron chi connectivity index (χ4n) is 3.21. The van der Waals surface area contributed by atoms with Gasteiger partial charge in [0.05, 0.1) is 10.5 Å². The van der Waals surface area contributed by atoms with Crippen LogP contribution in [0.1, 0.15) is 35.6 Å². The minimum atomic E-state index is -3.71. The molecule has 1 aliphatic rings. The summed E-state index contributed by atoms with van der Waals surface area (Å²) in [6, 6.07) is 16.1. The highest BCUT2D eigenvalue weighted by Gasteiger charge is 2.33. The zero-order valence-electron chi connectivity index (χ0n) is 12.9. The van der Waals surface area contributed by atoms with Crippen LogP contribution in [-0.4, -0.2) is 19.8 Å². The standard InChI is InChI=1S/C18H18N2O2S/c1-20(17-11-6-9-14-7-2-4-10-16(14)17)23(21,22)18-12-5-3-8-15(18)13-19/h2-5,7-8,10,12,17H,6,9,11H2,1H3. The molecule has 1 unspecified atom stereocenters. The molecule has 0 spiro atoms. The third-order valence-corrected chi connectivity index (χ3v) is 6.37. The smallest absolute Gasteiger partial charge is 0.207 e. The number of rotatable bonds is 3. The second-order valence-electron chi connectivity index (χ2n) is 5.74. The highest BCUT2D eigenvalue weighted by molar-refractivity contribution is 7.89. The summed E-state index contributed by atoms with van der Waals surface area (Å²) in [6.07, 6.45) is 2.73. The normalized spacial score (nSPS) is 17.5. The van der Waals surface area contributed by atoms with Gasteiger partial charge >= 0.3 is 0 Å². The van der Waals surface area contributed by atoms with Crippen LogP contribution in [0, 0.1) is 11.3 Å². The Hall–Kier alpha value is -2.16. The first-order chi connectivity index (χ1) is 11.1. The van der Waals surface area contributed by atoms with Crippen molar-refractivity contribution < 1.29 is 8.42 Å². The van der Waals surface area contributed by atoms with Crippen molar-refractivity contribution in [2.75, 3.05) is 7.05 Å². The number of nitrogens with zero attached hydrogens (tertiary/aromatic N) is 2. The van der Waals surface area contributed by atoms with Crippen molar-refractivity contribution in [1.29, 1.82) is 5.26 Å². The number of hydrogen-bond acceptors (Lipinski definition) is 3. The number of hydrogen-bond donors (Lipinski definition) is 0. The molecule has 1 atom stereocenters. The molecule has 2 aromatic rings. The molecule has 23 heavy (non-hydrogen) atoms. The van der Waals surface area contributed by atoms with Crippen LogP contribution in [0.3, 0.4) is 0 Å². The molecule has 5 heteroatoms. The van der Waals surface area contributed by atoms with Crippen LogP contribution in [0.15, 0.2) is 53.4 Å².